The minimum atomic E-state index is -0.842. The van der Waals surface area contributed by atoms with Crippen LogP contribution in [0.25, 0.3) is 0 Å². The molecule has 0 saturated carbocycles. The van der Waals surface area contributed by atoms with E-state index in [4.69, 9.17) is 10.5 Å². The number of ether oxygens (including phenoxy) is 1. The molecule has 2 N–H and O–H groups in total. The van der Waals surface area contributed by atoms with E-state index in [0.29, 0.717) is 11.4 Å². The van der Waals surface area contributed by atoms with Crippen molar-refractivity contribution in [1.29, 1.82) is 0 Å². The molecule has 3 rings (SSSR count). The van der Waals surface area contributed by atoms with Gasteiger partial charge in [0, 0.05) is 6.04 Å². The summed E-state index contributed by atoms with van der Waals surface area (Å²) in [5.41, 5.74) is 7.20. The van der Waals surface area contributed by atoms with Crippen LogP contribution in [0.3, 0.4) is 0 Å². The minimum Gasteiger partial charge on any atom is -0.477 e. The number of nitrogens with zero attached hydrogens (tertiary/aromatic N) is 2. The third-order valence-electron chi connectivity index (χ3n) is 4.72. The lowest BCUT2D eigenvalue weighted by Crippen LogP contribution is -2.51. The van der Waals surface area contributed by atoms with E-state index in [0.717, 1.165) is 5.56 Å². The second-order valence-corrected chi connectivity index (χ2v) is 6.48. The van der Waals surface area contributed by atoms with Crippen molar-refractivity contribution in [3.8, 4) is 5.75 Å². The van der Waals surface area contributed by atoms with Gasteiger partial charge in [0.25, 0.3) is 5.91 Å². The molecule has 2 aromatic carbocycles. The molecule has 1 aliphatic heterocycles. The maximum atomic E-state index is 13.0. The molecule has 0 bridgehead atoms. The third-order valence-corrected chi connectivity index (χ3v) is 4.72. The number of para-hydroxylation sites is 2. The molecule has 2 amide bonds. The van der Waals surface area contributed by atoms with Crippen molar-refractivity contribution in [3.63, 3.8) is 0 Å². The fourth-order valence-corrected chi connectivity index (χ4v) is 3.04. The van der Waals surface area contributed by atoms with E-state index < -0.39 is 12.0 Å². The van der Waals surface area contributed by atoms with Gasteiger partial charge in [-0.3, -0.25) is 14.5 Å². The molecule has 0 radical (unpaired) electrons. The first-order chi connectivity index (χ1) is 12.5. The highest BCUT2D eigenvalue weighted by molar-refractivity contribution is 5.98. The quantitative estimate of drug-likeness (QED) is 0.891. The topological polar surface area (TPSA) is 75.9 Å². The van der Waals surface area contributed by atoms with E-state index in [1.165, 1.54) is 0 Å². The van der Waals surface area contributed by atoms with Crippen molar-refractivity contribution in [2.45, 2.75) is 19.1 Å². The minimum absolute atomic E-state index is 0.0865. The Balaban J connectivity index is 1.77. The Morgan fingerprint density at radius 2 is 1.85 bits per heavy atom. The van der Waals surface area contributed by atoms with Crippen LogP contribution >= 0.6 is 0 Å². The fourth-order valence-electron chi connectivity index (χ4n) is 3.04. The summed E-state index contributed by atoms with van der Waals surface area (Å²) in [7, 11) is 1.91. The molecule has 0 saturated heterocycles. The van der Waals surface area contributed by atoms with Crippen LogP contribution in [-0.2, 0) is 9.59 Å². The summed E-state index contributed by atoms with van der Waals surface area (Å²) in [5, 5.41) is 0. The molecule has 0 unspecified atom stereocenters. The molecule has 1 aliphatic rings. The van der Waals surface area contributed by atoms with Gasteiger partial charge in [0.05, 0.1) is 18.8 Å². The van der Waals surface area contributed by atoms with Gasteiger partial charge in [0.15, 0.2) is 6.10 Å². The van der Waals surface area contributed by atoms with E-state index >= 15 is 0 Å². The number of hydrogen-bond acceptors (Lipinski definition) is 4. The number of benzene rings is 2. The van der Waals surface area contributed by atoms with Crippen molar-refractivity contribution in [3.05, 3.63) is 60.2 Å². The zero-order chi connectivity index (χ0) is 18.7. The highest BCUT2D eigenvalue weighted by atomic mass is 16.5. The van der Waals surface area contributed by atoms with Crippen LogP contribution in [0.2, 0.25) is 0 Å². The van der Waals surface area contributed by atoms with Crippen molar-refractivity contribution < 1.29 is 14.3 Å². The summed E-state index contributed by atoms with van der Waals surface area (Å²) in [6, 6.07) is 17.3. The van der Waals surface area contributed by atoms with Crippen molar-refractivity contribution in [2.75, 3.05) is 25.0 Å². The van der Waals surface area contributed by atoms with Gasteiger partial charge in [0.1, 0.15) is 5.75 Å². The molecule has 6 heteroatoms. The second-order valence-electron chi connectivity index (χ2n) is 6.48. The van der Waals surface area contributed by atoms with Crippen LogP contribution in [0.15, 0.2) is 54.6 Å². The summed E-state index contributed by atoms with van der Waals surface area (Å²) in [6.07, 6.45) is -0.842. The van der Waals surface area contributed by atoms with Gasteiger partial charge in [-0.15, -0.1) is 0 Å². The molecule has 2 aromatic rings. The number of nitrogens with two attached hydrogens (primary N) is 1. The Morgan fingerprint density at radius 3 is 2.54 bits per heavy atom. The number of carbonyl (C=O) groups is 2. The monoisotopic (exact) mass is 353 g/mol. The molecule has 0 fully saturated rings. The third kappa shape index (κ3) is 3.70. The fraction of sp³-hybridized carbons (Fsp3) is 0.300. The Bertz CT molecular complexity index is 794. The SMILES string of the molecule is C[C@H](c1ccccc1)N(C)CC(=O)N1C[C@@H](C(N)=O)Oc2ccccc21. The molecule has 0 aromatic heterocycles. The van der Waals surface area contributed by atoms with Crippen LogP contribution in [-0.4, -0.2) is 43.0 Å². The molecular formula is C20H23N3O3. The Labute approximate surface area is 153 Å². The number of rotatable bonds is 5. The Morgan fingerprint density at radius 1 is 1.19 bits per heavy atom. The van der Waals surface area contributed by atoms with E-state index in [2.05, 4.69) is 6.92 Å². The molecule has 6 nitrogen and oxygen atoms in total. The summed E-state index contributed by atoms with van der Waals surface area (Å²) in [5.74, 6) is -0.185. The average molecular weight is 353 g/mol. The van der Waals surface area contributed by atoms with E-state index in [1.807, 2.05) is 54.4 Å². The molecule has 0 aliphatic carbocycles. The van der Waals surface area contributed by atoms with Gasteiger partial charge >= 0.3 is 0 Å². The Kier molecular flexibility index (Phi) is 5.23. The van der Waals surface area contributed by atoms with Crippen molar-refractivity contribution in [1.82, 2.24) is 4.90 Å². The average Bonchev–Trinajstić information content (AvgIpc) is 2.66. The Hall–Kier alpha value is -2.86. The van der Waals surface area contributed by atoms with Crippen molar-refractivity contribution >= 4 is 17.5 Å². The second kappa shape index (κ2) is 7.58. The van der Waals surface area contributed by atoms with Gasteiger partial charge in [-0.25, -0.2) is 0 Å². The number of amides is 2. The van der Waals surface area contributed by atoms with Crippen LogP contribution < -0.4 is 15.4 Å². The van der Waals surface area contributed by atoms with Crippen LogP contribution in [0.1, 0.15) is 18.5 Å². The maximum Gasteiger partial charge on any atom is 0.260 e. The normalized spacial score (nSPS) is 17.3. The lowest BCUT2D eigenvalue weighted by molar-refractivity contribution is -0.125. The van der Waals surface area contributed by atoms with Crippen molar-refractivity contribution in [2.24, 2.45) is 5.73 Å². The van der Waals surface area contributed by atoms with Gasteiger partial charge < -0.3 is 15.4 Å². The zero-order valence-corrected chi connectivity index (χ0v) is 15.0. The number of carbonyl (C=O) groups excluding carboxylic acids is 2. The highest BCUT2D eigenvalue weighted by Crippen LogP contribution is 2.33. The van der Waals surface area contributed by atoms with E-state index in [-0.39, 0.29) is 25.0 Å². The molecule has 1 heterocycles. The number of primary amides is 1. The summed E-state index contributed by atoms with van der Waals surface area (Å²) in [6.45, 7) is 2.40. The predicted octanol–water partition coefficient (Wildman–Crippen LogP) is 1.96. The molecule has 26 heavy (non-hydrogen) atoms. The highest BCUT2D eigenvalue weighted by Gasteiger charge is 2.33. The van der Waals surface area contributed by atoms with Gasteiger partial charge in [-0.2, -0.15) is 0 Å². The summed E-state index contributed by atoms with van der Waals surface area (Å²) >= 11 is 0. The molecular weight excluding hydrogens is 330 g/mol. The largest absolute Gasteiger partial charge is 0.477 e. The lowest BCUT2D eigenvalue weighted by Gasteiger charge is -2.35. The predicted molar refractivity (Wildman–Crippen MR) is 99.9 cm³/mol. The number of anilines is 1. The lowest BCUT2D eigenvalue weighted by atomic mass is 10.1. The van der Waals surface area contributed by atoms with Crippen LogP contribution in [0.4, 0.5) is 5.69 Å². The van der Waals surface area contributed by atoms with Gasteiger partial charge in [0.2, 0.25) is 5.91 Å². The first kappa shape index (κ1) is 17.9. The summed E-state index contributed by atoms with van der Waals surface area (Å²) in [4.78, 5) is 28.1. The van der Waals surface area contributed by atoms with Crippen LogP contribution in [0.5, 0.6) is 5.75 Å². The molecule has 0 spiro atoms. The standard InChI is InChI=1S/C20H23N3O3/c1-14(15-8-4-3-5-9-15)22(2)13-19(24)23-12-18(20(21)25)26-17-11-7-6-10-16(17)23/h3-11,14,18H,12-13H2,1-2H3,(H2,21,25)/t14-,18+/m1/s1. The van der Waals surface area contributed by atoms with Crippen LogP contribution in [0, 0.1) is 0 Å². The maximum absolute atomic E-state index is 13.0. The smallest absolute Gasteiger partial charge is 0.260 e. The molecule has 2 atom stereocenters. The van der Waals surface area contributed by atoms with Gasteiger partial charge in [-0.05, 0) is 31.7 Å². The molecule has 136 valence electrons. The number of fused-ring (bicyclic) bond motifs is 1. The zero-order valence-electron chi connectivity index (χ0n) is 15.0. The number of likely N-dealkylation sites (N-methyl/N-ethyl adjacent to an activating group) is 1. The first-order valence-corrected chi connectivity index (χ1v) is 8.58. The first-order valence-electron chi connectivity index (χ1n) is 8.58. The van der Waals surface area contributed by atoms with E-state index in [1.54, 1.807) is 17.0 Å². The van der Waals surface area contributed by atoms with Gasteiger partial charge in [-0.1, -0.05) is 42.5 Å². The summed E-state index contributed by atoms with van der Waals surface area (Å²) < 4.78 is 5.61. The van der Waals surface area contributed by atoms with E-state index in [9.17, 15) is 9.59 Å². The number of hydrogen-bond donors (Lipinski definition) is 1.